The van der Waals surface area contributed by atoms with Crippen molar-refractivity contribution in [1.82, 2.24) is 9.78 Å². The van der Waals surface area contributed by atoms with E-state index in [2.05, 4.69) is 5.10 Å². The normalized spacial score (nSPS) is 13.3. The van der Waals surface area contributed by atoms with Gasteiger partial charge in [-0.2, -0.15) is 23.0 Å². The number of carbonyl (C=O) groups excluding carboxylic acids is 2. The molecule has 0 fully saturated rings. The summed E-state index contributed by atoms with van der Waals surface area (Å²) in [5.74, 6) is 0.390. The van der Waals surface area contributed by atoms with Crippen molar-refractivity contribution < 1.29 is 32.2 Å². The summed E-state index contributed by atoms with van der Waals surface area (Å²) in [4.78, 5) is 27.3. The van der Waals surface area contributed by atoms with Gasteiger partial charge in [0.05, 0.1) is 17.8 Å². The Morgan fingerprint density at radius 2 is 1.68 bits per heavy atom. The first-order valence-electron chi connectivity index (χ1n) is 12.5. The van der Waals surface area contributed by atoms with Gasteiger partial charge in [-0.1, -0.05) is 30.3 Å². The molecule has 206 valence electrons. The van der Waals surface area contributed by atoms with Gasteiger partial charge in [-0.3, -0.25) is 4.79 Å². The molecule has 0 saturated carbocycles. The summed E-state index contributed by atoms with van der Waals surface area (Å²) in [6.45, 7) is 5.50. The first-order valence-corrected chi connectivity index (χ1v) is 12.5. The maximum Gasteiger partial charge on any atom is 0.435 e. The number of para-hydroxylation sites is 1. The highest BCUT2D eigenvalue weighted by Gasteiger charge is 2.31. The second-order valence-corrected chi connectivity index (χ2v) is 10.3. The Morgan fingerprint density at radius 1 is 0.975 bits per heavy atom. The lowest BCUT2D eigenvalue weighted by molar-refractivity contribution is -0.137. The Morgan fingerprint density at radius 3 is 2.33 bits per heavy atom. The van der Waals surface area contributed by atoms with Gasteiger partial charge in [0, 0.05) is 28.6 Å². The fourth-order valence-electron chi connectivity index (χ4n) is 4.34. The highest BCUT2D eigenvalue weighted by atomic mass is 19.4. The van der Waals surface area contributed by atoms with Crippen molar-refractivity contribution >= 4 is 17.7 Å². The average molecular weight is 550 g/mol. The molecule has 0 bridgehead atoms. The Bertz CT molecular complexity index is 1560. The van der Waals surface area contributed by atoms with Crippen LogP contribution in [0.1, 0.15) is 47.8 Å². The number of halogens is 3. The Hall–Kier alpha value is -4.60. The number of hydrogen-bond acceptors (Lipinski definition) is 5. The van der Waals surface area contributed by atoms with Gasteiger partial charge in [-0.05, 0) is 68.8 Å². The van der Waals surface area contributed by atoms with E-state index >= 15 is 0 Å². The van der Waals surface area contributed by atoms with Gasteiger partial charge in [0.25, 0.3) is 5.91 Å². The molecule has 0 spiro atoms. The van der Waals surface area contributed by atoms with Gasteiger partial charge in [0.15, 0.2) is 0 Å². The average Bonchev–Trinajstić information content (AvgIpc) is 3.48. The van der Waals surface area contributed by atoms with E-state index < -0.39 is 23.4 Å². The number of rotatable bonds is 5. The molecule has 7 nitrogen and oxygen atoms in total. The van der Waals surface area contributed by atoms with Crippen LogP contribution in [0.25, 0.3) is 11.3 Å². The zero-order valence-electron chi connectivity index (χ0n) is 22.0. The van der Waals surface area contributed by atoms with Gasteiger partial charge in [0.1, 0.15) is 18.0 Å². The van der Waals surface area contributed by atoms with E-state index in [1.807, 2.05) is 30.3 Å². The maximum absolute atomic E-state index is 13.1. The van der Waals surface area contributed by atoms with Crippen molar-refractivity contribution in [1.29, 1.82) is 0 Å². The largest absolute Gasteiger partial charge is 0.489 e. The second kappa shape index (κ2) is 10.2. The van der Waals surface area contributed by atoms with E-state index in [-0.39, 0.29) is 18.2 Å². The van der Waals surface area contributed by atoms with E-state index in [1.54, 1.807) is 43.9 Å². The van der Waals surface area contributed by atoms with Crippen molar-refractivity contribution in [2.24, 2.45) is 0 Å². The number of benzene rings is 3. The number of amides is 1. The molecule has 0 aliphatic carbocycles. The molecule has 1 aromatic heterocycles. The molecule has 0 atom stereocenters. The van der Waals surface area contributed by atoms with Gasteiger partial charge in [0.2, 0.25) is 0 Å². The van der Waals surface area contributed by atoms with E-state index in [0.29, 0.717) is 29.0 Å². The number of hydrogen-bond donors (Lipinski definition) is 0. The Kier molecular flexibility index (Phi) is 6.87. The molecule has 5 rings (SSSR count). The molecule has 4 aromatic rings. The van der Waals surface area contributed by atoms with Crippen molar-refractivity contribution in [2.75, 3.05) is 4.90 Å². The lowest BCUT2D eigenvalue weighted by atomic mass is 10.1. The maximum atomic E-state index is 13.1. The van der Waals surface area contributed by atoms with Gasteiger partial charge in [-0.25, -0.2) is 4.79 Å². The molecule has 1 amide bonds. The molecule has 1 aliphatic rings. The van der Waals surface area contributed by atoms with E-state index in [1.165, 1.54) is 18.3 Å². The topological polar surface area (TPSA) is 73.7 Å². The zero-order chi connectivity index (χ0) is 28.7. The van der Waals surface area contributed by atoms with Crippen molar-refractivity contribution in [2.45, 2.75) is 45.7 Å². The molecule has 3 aromatic carbocycles. The lowest BCUT2D eigenvalue weighted by Gasteiger charge is -2.18. The molecule has 40 heavy (non-hydrogen) atoms. The summed E-state index contributed by atoms with van der Waals surface area (Å²) in [5, 5.41) is 4.31. The molecule has 0 N–H and O–H groups in total. The highest BCUT2D eigenvalue weighted by molar-refractivity contribution is 6.10. The van der Waals surface area contributed by atoms with Gasteiger partial charge < -0.3 is 14.4 Å². The molecule has 2 heterocycles. The minimum atomic E-state index is -4.48. The zero-order valence-corrected chi connectivity index (χ0v) is 22.0. The number of aromatic nitrogens is 2. The Labute approximate surface area is 228 Å². The minimum Gasteiger partial charge on any atom is -0.489 e. The van der Waals surface area contributed by atoms with Gasteiger partial charge >= 0.3 is 12.3 Å². The molecular formula is C30H26F3N3O4. The number of anilines is 1. The molecule has 10 heteroatoms. The summed E-state index contributed by atoms with van der Waals surface area (Å²) in [7, 11) is 0. The molecular weight excluding hydrogens is 523 g/mol. The molecule has 1 aliphatic heterocycles. The van der Waals surface area contributed by atoms with Crippen LogP contribution in [0.15, 0.2) is 79.0 Å². The first-order chi connectivity index (χ1) is 18.9. The Balaban J connectivity index is 1.40. The summed E-state index contributed by atoms with van der Waals surface area (Å²) in [6.07, 6.45) is -3.77. The molecule has 0 saturated heterocycles. The second-order valence-electron chi connectivity index (χ2n) is 10.3. The van der Waals surface area contributed by atoms with Crippen LogP contribution in [0, 0.1) is 0 Å². The van der Waals surface area contributed by atoms with Crippen LogP contribution >= 0.6 is 0 Å². The van der Waals surface area contributed by atoms with Crippen LogP contribution in [0.3, 0.4) is 0 Å². The summed E-state index contributed by atoms with van der Waals surface area (Å²) in [5.41, 5.74) is 1.74. The predicted octanol–water partition coefficient (Wildman–Crippen LogP) is 7.09. The number of nitrogens with zero attached hydrogens (tertiary/aromatic N) is 3. The van der Waals surface area contributed by atoms with E-state index in [9.17, 15) is 22.8 Å². The van der Waals surface area contributed by atoms with Crippen molar-refractivity contribution in [3.05, 3.63) is 101 Å². The fourth-order valence-corrected chi connectivity index (χ4v) is 4.34. The minimum absolute atomic E-state index is 0.0334. The number of carbonyl (C=O) groups is 2. The first kappa shape index (κ1) is 27.0. The van der Waals surface area contributed by atoms with Crippen molar-refractivity contribution in [3.63, 3.8) is 0 Å². The van der Waals surface area contributed by atoms with Crippen LogP contribution < -0.4 is 9.64 Å². The standard InChI is InChI=1S/C30H26F3N3O4/c1-29(2,3)40-28(38)36-17-21(26(34-36)19-9-11-22(12-10-19)30(31,32)33)18-39-24-13-14-25-20(15-24)16-35(27(25)37)23-7-5-4-6-8-23/h4-15,17H,16,18H2,1-3H3. The number of ether oxygens (including phenoxy) is 2. The number of alkyl halides is 3. The number of fused-ring (bicyclic) bond motifs is 1. The summed E-state index contributed by atoms with van der Waals surface area (Å²) >= 11 is 0. The molecule has 0 unspecified atom stereocenters. The van der Waals surface area contributed by atoms with Crippen LogP contribution in [0.4, 0.5) is 23.7 Å². The summed E-state index contributed by atoms with van der Waals surface area (Å²) in [6, 6.07) is 19.0. The fraction of sp³-hybridized carbons (Fsp3) is 0.233. The quantitative estimate of drug-likeness (QED) is 0.266. The highest BCUT2D eigenvalue weighted by Crippen LogP contribution is 2.33. The van der Waals surface area contributed by atoms with Crippen LogP contribution in [0.5, 0.6) is 5.75 Å². The predicted molar refractivity (Wildman–Crippen MR) is 142 cm³/mol. The van der Waals surface area contributed by atoms with Gasteiger partial charge in [-0.15, -0.1) is 0 Å². The van der Waals surface area contributed by atoms with Crippen LogP contribution in [0.2, 0.25) is 0 Å². The molecule has 0 radical (unpaired) electrons. The van der Waals surface area contributed by atoms with E-state index in [4.69, 9.17) is 9.47 Å². The monoisotopic (exact) mass is 549 g/mol. The van der Waals surface area contributed by atoms with Crippen LogP contribution in [-0.4, -0.2) is 27.4 Å². The smallest absolute Gasteiger partial charge is 0.435 e. The third-order valence-corrected chi connectivity index (χ3v) is 6.20. The third-order valence-electron chi connectivity index (χ3n) is 6.20. The summed E-state index contributed by atoms with van der Waals surface area (Å²) < 4.78 is 51.7. The SMILES string of the molecule is CC(C)(C)OC(=O)n1cc(COc2ccc3c(c2)CN(c2ccccc2)C3=O)c(-c2ccc(C(F)(F)F)cc2)n1. The van der Waals surface area contributed by atoms with Crippen LogP contribution in [-0.2, 0) is 24.1 Å². The van der Waals surface area contributed by atoms with Crippen molar-refractivity contribution in [3.8, 4) is 17.0 Å². The third kappa shape index (κ3) is 5.70. The van der Waals surface area contributed by atoms with E-state index in [0.717, 1.165) is 28.1 Å². The lowest BCUT2D eigenvalue weighted by Crippen LogP contribution is -2.27.